The van der Waals surface area contributed by atoms with Gasteiger partial charge in [0.1, 0.15) is 23.0 Å². The molecule has 8 aromatic rings. The van der Waals surface area contributed by atoms with Crippen molar-refractivity contribution in [2.75, 3.05) is 26.6 Å². The maximum Gasteiger partial charge on any atom is 0.416 e. The molecule has 11 rings (SSSR count). The van der Waals surface area contributed by atoms with Gasteiger partial charge in [0.25, 0.3) is 5.91 Å². The molecule has 81 heavy (non-hydrogen) atoms. The van der Waals surface area contributed by atoms with E-state index in [0.29, 0.717) is 78.6 Å². The van der Waals surface area contributed by atoms with E-state index in [4.69, 9.17) is 18.9 Å². The second-order valence-electron chi connectivity index (χ2n) is 22.2. The van der Waals surface area contributed by atoms with Crippen LogP contribution in [0.25, 0.3) is 50.2 Å². The molecule has 0 bridgehead atoms. The van der Waals surface area contributed by atoms with E-state index in [1.807, 2.05) is 42.5 Å². The Labute approximate surface area is 468 Å². The van der Waals surface area contributed by atoms with Crippen LogP contribution in [0.1, 0.15) is 133 Å². The van der Waals surface area contributed by atoms with Gasteiger partial charge in [0.05, 0.1) is 32.5 Å². The lowest BCUT2D eigenvalue weighted by molar-refractivity contribution is -0.143. The van der Waals surface area contributed by atoms with Crippen molar-refractivity contribution >= 4 is 28.4 Å². The molecule has 0 aromatic heterocycles. The third-order valence-corrected chi connectivity index (χ3v) is 17.1. The predicted molar refractivity (Wildman–Crippen MR) is 309 cm³/mol. The first kappa shape index (κ1) is 54.9. The van der Waals surface area contributed by atoms with Crippen molar-refractivity contribution in [2.45, 2.75) is 101 Å². The number of rotatable bonds is 14. The van der Waals surface area contributed by atoms with Crippen LogP contribution in [-0.2, 0) is 23.4 Å². The molecule has 8 aromatic carbocycles. The number of nitrogens with one attached hydrogen (secondary N) is 1. The minimum absolute atomic E-state index is 0.179. The van der Waals surface area contributed by atoms with Crippen molar-refractivity contribution < 1.29 is 50.1 Å². The second kappa shape index (κ2) is 21.5. The summed E-state index contributed by atoms with van der Waals surface area (Å²) in [6.45, 7) is 5.48. The van der Waals surface area contributed by atoms with Gasteiger partial charge in [0.2, 0.25) is 0 Å². The largest absolute Gasteiger partial charge is 0.497 e. The summed E-state index contributed by atoms with van der Waals surface area (Å²) >= 11 is 0. The molecule has 3 aliphatic rings. The van der Waals surface area contributed by atoms with Crippen LogP contribution in [0.2, 0.25) is 0 Å². The molecule has 1 saturated carbocycles. The van der Waals surface area contributed by atoms with E-state index in [9.17, 15) is 18.0 Å². The number of methoxy groups -OCH3 is 3. The van der Waals surface area contributed by atoms with Crippen LogP contribution in [0.4, 0.5) is 32.0 Å². The molecule has 1 amide bonds. The summed E-state index contributed by atoms with van der Waals surface area (Å²) in [5, 5.41) is 3.74. The average molecular weight is 1100 g/mol. The van der Waals surface area contributed by atoms with E-state index in [1.165, 1.54) is 64.0 Å². The normalized spacial score (nSPS) is 16.9. The van der Waals surface area contributed by atoms with Gasteiger partial charge in [-0.05, 0) is 166 Å². The van der Waals surface area contributed by atoms with Crippen LogP contribution in [0.3, 0.4) is 0 Å². The number of carbonyl (C=O) groups is 1. The maximum absolute atomic E-state index is 15.3. The van der Waals surface area contributed by atoms with Crippen molar-refractivity contribution in [1.29, 1.82) is 0 Å². The first-order chi connectivity index (χ1) is 38.8. The zero-order chi connectivity index (χ0) is 57.0. The van der Waals surface area contributed by atoms with Crippen LogP contribution in [0.15, 0.2) is 152 Å². The van der Waals surface area contributed by atoms with Gasteiger partial charge in [-0.1, -0.05) is 125 Å². The van der Waals surface area contributed by atoms with Gasteiger partial charge in [0, 0.05) is 44.3 Å². The van der Waals surface area contributed by atoms with Crippen molar-refractivity contribution in [3.8, 4) is 56.4 Å². The molecule has 0 radical (unpaired) electrons. The Bertz CT molecular complexity index is 3620. The smallest absolute Gasteiger partial charge is 0.416 e. The lowest BCUT2D eigenvalue weighted by atomic mass is 9.75. The van der Waals surface area contributed by atoms with Crippen LogP contribution in [-0.4, -0.2) is 27.2 Å². The third-order valence-electron chi connectivity index (χ3n) is 17.1. The molecule has 6 nitrogen and oxygen atoms in total. The van der Waals surface area contributed by atoms with E-state index in [0.717, 1.165) is 23.1 Å². The van der Waals surface area contributed by atoms with Gasteiger partial charge in [-0.2, -0.15) is 26.3 Å². The van der Waals surface area contributed by atoms with Crippen molar-refractivity contribution in [3.63, 3.8) is 0 Å². The highest BCUT2D eigenvalue weighted by Crippen LogP contribution is 2.62. The number of benzene rings is 8. The number of hydrogen-bond donors (Lipinski definition) is 1. The summed E-state index contributed by atoms with van der Waals surface area (Å²) in [6, 6.07) is 42.5. The van der Waals surface area contributed by atoms with Gasteiger partial charge >= 0.3 is 12.4 Å². The van der Waals surface area contributed by atoms with Gasteiger partial charge in [-0.15, -0.1) is 0 Å². The molecule has 0 atom stereocenters. The average Bonchev–Trinajstić information content (AvgIpc) is 3.18. The highest BCUT2D eigenvalue weighted by molar-refractivity contribution is 6.11. The number of anilines is 1. The Balaban J connectivity index is 0.954. The van der Waals surface area contributed by atoms with E-state index < -0.39 is 34.5 Å². The molecule has 1 fully saturated rings. The fourth-order valence-corrected chi connectivity index (χ4v) is 12.8. The number of carbonyl (C=O) groups excluding carboxylic acids is 1. The maximum atomic E-state index is 15.3. The molecule has 1 N–H and O–H groups in total. The zero-order valence-electron chi connectivity index (χ0n) is 46.1. The molecule has 1 heterocycles. The molecular weight excluding hydrogens is 1040 g/mol. The molecular formula is C69H63F6NO5. The lowest BCUT2D eigenvalue weighted by Crippen LogP contribution is -2.35. The number of fused-ring (bicyclic) bond motifs is 8. The highest BCUT2D eigenvalue weighted by atomic mass is 19.4. The summed E-state index contributed by atoms with van der Waals surface area (Å²) in [5.74, 6) is 2.98. The van der Waals surface area contributed by atoms with Gasteiger partial charge in [-0.3, -0.25) is 4.79 Å². The van der Waals surface area contributed by atoms with E-state index >= 15 is 13.2 Å². The first-order valence-electron chi connectivity index (χ1n) is 27.7. The first-order valence-corrected chi connectivity index (χ1v) is 27.7. The van der Waals surface area contributed by atoms with Crippen LogP contribution in [0.5, 0.6) is 23.0 Å². The summed E-state index contributed by atoms with van der Waals surface area (Å²) in [4.78, 5) is 13.7. The lowest BCUT2D eigenvalue weighted by Gasteiger charge is -2.38. The number of amides is 1. The number of alkyl halides is 6. The number of ether oxygens (including phenoxy) is 4. The van der Waals surface area contributed by atoms with Crippen LogP contribution < -0.4 is 24.3 Å². The Kier molecular flexibility index (Phi) is 14.6. The fourth-order valence-electron chi connectivity index (χ4n) is 12.8. The quantitative estimate of drug-likeness (QED) is 0.0868. The Morgan fingerprint density at radius 3 is 1.78 bits per heavy atom. The predicted octanol–water partition coefficient (Wildman–Crippen LogP) is 19.0. The molecule has 0 spiro atoms. The monoisotopic (exact) mass is 1100 g/mol. The standard InChI is InChI=1S/C69H63F6NO5/c1-7-8-9-10-41-11-13-42(14-12-41)43-15-17-44(18-16-43)45-19-21-47(22-20-45)65(77)76-51-29-23-46(24-30-51)55-39-56-57(40-60(55)80-6)64-54(63-61(56)58-37-50(68(70,71)72)38-59(69(73,74)75)62(58)66(63,2)3)35-36-67(81-64,48-25-31-52(78-4)32-26-48)49-27-33-53(79-5)34-28-49/h15-42H,7-14H2,1-6H3,(H,76,77). The topological polar surface area (TPSA) is 66.0 Å². The Hall–Kier alpha value is -7.99. The molecule has 2 aliphatic carbocycles. The summed E-state index contributed by atoms with van der Waals surface area (Å²) in [7, 11) is 4.61. The third kappa shape index (κ3) is 10.2. The van der Waals surface area contributed by atoms with E-state index in [-0.39, 0.29) is 34.4 Å². The van der Waals surface area contributed by atoms with Crippen molar-refractivity contribution in [3.05, 3.63) is 202 Å². The molecule has 0 unspecified atom stereocenters. The van der Waals surface area contributed by atoms with Crippen LogP contribution >= 0.6 is 0 Å². The van der Waals surface area contributed by atoms with Gasteiger partial charge < -0.3 is 24.3 Å². The minimum Gasteiger partial charge on any atom is -0.497 e. The highest BCUT2D eigenvalue weighted by Gasteiger charge is 2.50. The van der Waals surface area contributed by atoms with Crippen molar-refractivity contribution in [2.24, 2.45) is 5.92 Å². The SMILES string of the molecule is CCCCCC1CCC(c2ccc(-c3ccc(C(=O)Nc4ccc(-c5cc6c7c(c8c(c6cc5OC)OC(c5ccc(OC)cc5)(c5ccc(OC)cc5)C=C8)C(C)(C)c5c-7cc(C(F)(F)F)cc5C(F)(F)F)cc4)cc3)cc2)CC1. The van der Waals surface area contributed by atoms with E-state index in [2.05, 4.69) is 36.5 Å². The molecule has 1 aliphatic heterocycles. The molecule has 0 saturated heterocycles. The van der Waals surface area contributed by atoms with E-state index in [1.54, 1.807) is 107 Å². The summed E-state index contributed by atoms with van der Waals surface area (Å²) in [6.07, 6.45) is 3.75. The number of halogens is 6. The number of unbranched alkanes of at least 4 members (excludes halogenated alkanes) is 2. The minimum atomic E-state index is -5.14. The number of hydrogen-bond acceptors (Lipinski definition) is 5. The van der Waals surface area contributed by atoms with Gasteiger partial charge in [0.15, 0.2) is 5.60 Å². The van der Waals surface area contributed by atoms with Crippen LogP contribution in [0, 0.1) is 5.92 Å². The second-order valence-corrected chi connectivity index (χ2v) is 22.2. The van der Waals surface area contributed by atoms with Crippen molar-refractivity contribution in [1.82, 2.24) is 0 Å². The fraction of sp³-hybridized carbons (Fsp3) is 0.290. The van der Waals surface area contributed by atoms with Gasteiger partial charge in [-0.25, -0.2) is 0 Å². The molecule has 12 heteroatoms. The Morgan fingerprint density at radius 2 is 1.22 bits per heavy atom. The zero-order valence-corrected chi connectivity index (χ0v) is 46.1. The molecule has 416 valence electrons. The summed E-state index contributed by atoms with van der Waals surface area (Å²) < 4.78 is 115. The Morgan fingerprint density at radius 1 is 0.630 bits per heavy atom. The summed E-state index contributed by atoms with van der Waals surface area (Å²) in [5.41, 5.74) is 1.85.